The van der Waals surface area contributed by atoms with Crippen molar-refractivity contribution in [2.75, 3.05) is 7.11 Å². The minimum atomic E-state index is -0.438. The van der Waals surface area contributed by atoms with E-state index in [9.17, 15) is 9.59 Å². The molecule has 0 saturated carbocycles. The molecule has 28 heavy (non-hydrogen) atoms. The Kier molecular flexibility index (Phi) is 4.58. The second kappa shape index (κ2) is 7.20. The van der Waals surface area contributed by atoms with E-state index in [1.54, 1.807) is 42.7 Å². The molecule has 0 bridgehead atoms. The van der Waals surface area contributed by atoms with Crippen molar-refractivity contribution in [3.8, 4) is 22.9 Å². The van der Waals surface area contributed by atoms with Gasteiger partial charge in [-0.05, 0) is 35.9 Å². The van der Waals surface area contributed by atoms with Crippen molar-refractivity contribution >= 4 is 28.3 Å². The van der Waals surface area contributed by atoms with E-state index in [1.165, 1.54) is 29.9 Å². The zero-order valence-corrected chi connectivity index (χ0v) is 15.8. The van der Waals surface area contributed by atoms with E-state index in [0.29, 0.717) is 26.8 Å². The first-order valence-corrected chi connectivity index (χ1v) is 9.05. The molecule has 0 saturated heterocycles. The van der Waals surface area contributed by atoms with Gasteiger partial charge in [-0.25, -0.2) is 0 Å². The molecule has 0 aliphatic carbocycles. The summed E-state index contributed by atoms with van der Waals surface area (Å²) in [5.74, 6) is 0.732. The Morgan fingerprint density at radius 3 is 2.79 bits per heavy atom. The van der Waals surface area contributed by atoms with Gasteiger partial charge in [0.15, 0.2) is 17.3 Å². The minimum absolute atomic E-state index is 0.259. The fraction of sp³-hybridized carbons (Fsp3) is 0.105. The molecule has 0 unspecified atom stereocenters. The molecule has 4 aromatic rings. The van der Waals surface area contributed by atoms with Crippen LogP contribution in [0.25, 0.3) is 22.4 Å². The van der Waals surface area contributed by atoms with Crippen molar-refractivity contribution in [3.63, 3.8) is 0 Å². The number of esters is 1. The highest BCUT2D eigenvalue weighted by molar-refractivity contribution is 7.15. The first-order chi connectivity index (χ1) is 13.5. The summed E-state index contributed by atoms with van der Waals surface area (Å²) in [5, 5.41) is 4.29. The molecule has 0 aliphatic rings. The molecule has 9 heteroatoms. The third-order valence-electron chi connectivity index (χ3n) is 3.84. The maximum atomic E-state index is 12.7. The van der Waals surface area contributed by atoms with Crippen LogP contribution >= 0.6 is 11.3 Å². The van der Waals surface area contributed by atoms with Gasteiger partial charge in [0.05, 0.1) is 11.6 Å². The van der Waals surface area contributed by atoms with E-state index >= 15 is 0 Å². The van der Waals surface area contributed by atoms with Crippen LogP contribution in [0.3, 0.4) is 0 Å². The lowest BCUT2D eigenvalue weighted by molar-refractivity contribution is -0.132. The topological polar surface area (TPSA) is 95.7 Å². The van der Waals surface area contributed by atoms with Gasteiger partial charge in [-0.15, -0.1) is 5.10 Å². The van der Waals surface area contributed by atoms with Gasteiger partial charge in [0.2, 0.25) is 4.96 Å². The molecular formula is C19H14N4O4S. The third-order valence-corrected chi connectivity index (χ3v) is 4.80. The number of nitrogens with zero attached hydrogens (tertiary/aromatic N) is 4. The third kappa shape index (κ3) is 3.35. The van der Waals surface area contributed by atoms with Crippen LogP contribution in [0.4, 0.5) is 0 Å². The molecule has 0 amide bonds. The molecule has 0 fully saturated rings. The number of aromatic nitrogens is 4. The SMILES string of the molecule is COc1cc(C=c2sc3nc(-c4cccnc4)nn3c2=O)ccc1OC(C)=O. The minimum Gasteiger partial charge on any atom is -0.493 e. The Morgan fingerprint density at radius 1 is 1.25 bits per heavy atom. The zero-order valence-electron chi connectivity index (χ0n) is 14.9. The fourth-order valence-corrected chi connectivity index (χ4v) is 3.52. The maximum Gasteiger partial charge on any atom is 0.308 e. The Morgan fingerprint density at radius 2 is 2.11 bits per heavy atom. The van der Waals surface area contributed by atoms with E-state index in [-0.39, 0.29) is 5.56 Å². The largest absolute Gasteiger partial charge is 0.493 e. The van der Waals surface area contributed by atoms with Crippen molar-refractivity contribution in [3.05, 3.63) is 63.2 Å². The molecule has 8 nitrogen and oxygen atoms in total. The summed E-state index contributed by atoms with van der Waals surface area (Å²) in [6.45, 7) is 1.32. The smallest absolute Gasteiger partial charge is 0.308 e. The predicted molar refractivity (Wildman–Crippen MR) is 103 cm³/mol. The molecule has 3 aromatic heterocycles. The van der Waals surface area contributed by atoms with Gasteiger partial charge in [-0.1, -0.05) is 17.4 Å². The van der Waals surface area contributed by atoms with Gasteiger partial charge in [0.25, 0.3) is 5.56 Å². The van der Waals surface area contributed by atoms with E-state index in [1.807, 2.05) is 6.07 Å². The fourth-order valence-electron chi connectivity index (χ4n) is 2.62. The zero-order chi connectivity index (χ0) is 19.7. The molecular weight excluding hydrogens is 380 g/mol. The van der Waals surface area contributed by atoms with E-state index in [4.69, 9.17) is 9.47 Å². The standard InChI is InChI=1S/C19H14N4O4S/c1-11(24)27-14-6-5-12(8-15(14)26-2)9-16-18(25)23-19(28-16)21-17(22-23)13-4-3-7-20-10-13/h3-10H,1-2H3. The Bertz CT molecular complexity index is 1280. The van der Waals surface area contributed by atoms with E-state index in [0.717, 1.165) is 11.1 Å². The number of rotatable bonds is 4. The van der Waals surface area contributed by atoms with Crippen LogP contribution in [0.15, 0.2) is 47.5 Å². The number of carbonyl (C=O) groups is 1. The number of pyridine rings is 1. The Labute approximate surface area is 162 Å². The van der Waals surface area contributed by atoms with Gasteiger partial charge < -0.3 is 9.47 Å². The lowest BCUT2D eigenvalue weighted by Crippen LogP contribution is -2.23. The van der Waals surface area contributed by atoms with Gasteiger partial charge in [0, 0.05) is 24.9 Å². The molecule has 140 valence electrons. The quantitative estimate of drug-likeness (QED) is 0.384. The molecule has 0 atom stereocenters. The lowest BCUT2D eigenvalue weighted by atomic mass is 10.2. The van der Waals surface area contributed by atoms with Crippen LogP contribution in [0.1, 0.15) is 12.5 Å². The number of methoxy groups -OCH3 is 1. The molecule has 3 heterocycles. The first kappa shape index (κ1) is 17.8. The van der Waals surface area contributed by atoms with Crippen LogP contribution in [0, 0.1) is 0 Å². The number of fused-ring (bicyclic) bond motifs is 1. The molecule has 0 spiro atoms. The highest BCUT2D eigenvalue weighted by atomic mass is 32.1. The number of hydrogen-bond donors (Lipinski definition) is 0. The number of carbonyl (C=O) groups excluding carboxylic acids is 1. The van der Waals surface area contributed by atoms with Crippen LogP contribution in [0.2, 0.25) is 0 Å². The van der Waals surface area contributed by atoms with Crippen molar-refractivity contribution in [2.45, 2.75) is 6.92 Å². The molecule has 0 radical (unpaired) electrons. The Balaban J connectivity index is 1.74. The maximum absolute atomic E-state index is 12.7. The highest BCUT2D eigenvalue weighted by Gasteiger charge is 2.12. The summed E-state index contributed by atoms with van der Waals surface area (Å²) < 4.78 is 12.1. The summed E-state index contributed by atoms with van der Waals surface area (Å²) in [5.41, 5.74) is 1.21. The summed E-state index contributed by atoms with van der Waals surface area (Å²) >= 11 is 1.24. The van der Waals surface area contributed by atoms with Gasteiger partial charge in [0.1, 0.15) is 0 Å². The van der Waals surface area contributed by atoms with E-state index < -0.39 is 5.97 Å². The summed E-state index contributed by atoms with van der Waals surface area (Å²) in [6, 6.07) is 8.66. The second-order valence-electron chi connectivity index (χ2n) is 5.79. The van der Waals surface area contributed by atoms with Crippen molar-refractivity contribution in [1.82, 2.24) is 19.6 Å². The monoisotopic (exact) mass is 394 g/mol. The average molecular weight is 394 g/mol. The number of hydrogen-bond acceptors (Lipinski definition) is 8. The summed E-state index contributed by atoms with van der Waals surface area (Å²) in [4.78, 5) is 32.8. The van der Waals surface area contributed by atoms with Crippen LogP contribution in [0.5, 0.6) is 11.5 Å². The lowest BCUT2D eigenvalue weighted by Gasteiger charge is -2.08. The number of benzene rings is 1. The van der Waals surface area contributed by atoms with Crippen LogP contribution < -0.4 is 19.6 Å². The summed E-state index contributed by atoms with van der Waals surface area (Å²) in [7, 11) is 1.48. The normalized spacial score (nSPS) is 11.7. The van der Waals surface area contributed by atoms with Crippen molar-refractivity contribution in [1.29, 1.82) is 0 Å². The summed E-state index contributed by atoms with van der Waals surface area (Å²) in [6.07, 6.45) is 5.02. The van der Waals surface area contributed by atoms with E-state index in [2.05, 4.69) is 15.1 Å². The Hall–Kier alpha value is -3.59. The van der Waals surface area contributed by atoms with Crippen molar-refractivity contribution in [2.24, 2.45) is 0 Å². The highest BCUT2D eigenvalue weighted by Crippen LogP contribution is 2.28. The van der Waals surface area contributed by atoms with Crippen LogP contribution in [-0.2, 0) is 4.79 Å². The second-order valence-corrected chi connectivity index (χ2v) is 6.80. The molecule has 0 aliphatic heterocycles. The average Bonchev–Trinajstić information content (AvgIpc) is 3.23. The molecule has 1 aromatic carbocycles. The predicted octanol–water partition coefficient (Wildman–Crippen LogP) is 1.69. The first-order valence-electron chi connectivity index (χ1n) is 8.23. The molecule has 4 rings (SSSR count). The van der Waals surface area contributed by atoms with Gasteiger partial charge >= 0.3 is 5.97 Å². The number of ether oxygens (including phenoxy) is 2. The van der Waals surface area contributed by atoms with Gasteiger partial charge in [-0.3, -0.25) is 14.6 Å². The molecule has 0 N–H and O–H groups in total. The number of thiazole rings is 1. The van der Waals surface area contributed by atoms with Crippen LogP contribution in [-0.4, -0.2) is 32.7 Å². The van der Waals surface area contributed by atoms with Gasteiger partial charge in [-0.2, -0.15) is 9.50 Å². The van der Waals surface area contributed by atoms with Crippen molar-refractivity contribution < 1.29 is 14.3 Å².